The molecule has 0 fully saturated rings. The monoisotopic (exact) mass is 266 g/mol. The summed E-state index contributed by atoms with van der Waals surface area (Å²) >= 11 is 5.96. The van der Waals surface area contributed by atoms with E-state index in [1.807, 2.05) is 0 Å². The van der Waals surface area contributed by atoms with E-state index in [9.17, 15) is 4.79 Å². The van der Waals surface area contributed by atoms with Gasteiger partial charge in [-0.05, 0) is 19.1 Å². The first kappa shape index (κ1) is 12.4. The van der Waals surface area contributed by atoms with Crippen LogP contribution < -0.4 is 5.73 Å². The predicted molar refractivity (Wildman–Crippen MR) is 66.7 cm³/mol. The molecule has 94 valence electrons. The van der Waals surface area contributed by atoms with E-state index in [2.05, 4.69) is 10.1 Å². The molecule has 0 aliphatic heterocycles. The number of anilines is 1. The Morgan fingerprint density at radius 3 is 2.94 bits per heavy atom. The maximum atomic E-state index is 11.6. The molecule has 0 unspecified atom stereocenters. The number of carbonyl (C=O) groups is 1. The van der Waals surface area contributed by atoms with E-state index in [-0.39, 0.29) is 23.1 Å². The van der Waals surface area contributed by atoms with Gasteiger partial charge < -0.3 is 10.5 Å². The highest BCUT2D eigenvalue weighted by Crippen LogP contribution is 2.25. The van der Waals surface area contributed by atoms with Crippen molar-refractivity contribution in [2.75, 3.05) is 12.3 Å². The third kappa shape index (κ3) is 2.14. The van der Waals surface area contributed by atoms with Gasteiger partial charge in [0.25, 0.3) is 0 Å². The summed E-state index contributed by atoms with van der Waals surface area (Å²) < 4.78 is 6.14. The summed E-state index contributed by atoms with van der Waals surface area (Å²) in [5.74, 6) is 0.0229. The predicted octanol–water partition coefficient (Wildman–Crippen LogP) is 1.68. The molecule has 2 rings (SSSR count). The number of nitrogens with two attached hydrogens (primary N) is 1. The molecule has 0 saturated carbocycles. The lowest BCUT2D eigenvalue weighted by atomic mass is 10.4. The summed E-state index contributed by atoms with van der Waals surface area (Å²) in [5, 5.41) is 4.09. The number of pyridine rings is 1. The van der Waals surface area contributed by atoms with Crippen LogP contribution in [0, 0.1) is 0 Å². The first-order chi connectivity index (χ1) is 8.65. The highest BCUT2D eigenvalue weighted by atomic mass is 35.5. The number of hydrogen-bond acceptors (Lipinski definition) is 5. The molecule has 0 aliphatic carbocycles. The average molecular weight is 267 g/mol. The van der Waals surface area contributed by atoms with Gasteiger partial charge in [0.2, 0.25) is 0 Å². The minimum absolute atomic E-state index is 0.0123. The Bertz CT molecular complexity index is 568. The number of rotatable bonds is 3. The van der Waals surface area contributed by atoms with Gasteiger partial charge in [0.15, 0.2) is 11.5 Å². The fourth-order valence-electron chi connectivity index (χ4n) is 1.40. The molecule has 2 heterocycles. The molecule has 2 aromatic heterocycles. The van der Waals surface area contributed by atoms with Crippen molar-refractivity contribution >= 4 is 23.4 Å². The zero-order valence-corrected chi connectivity index (χ0v) is 10.4. The van der Waals surface area contributed by atoms with Crippen LogP contribution in [0.25, 0.3) is 5.82 Å². The largest absolute Gasteiger partial charge is 0.461 e. The van der Waals surface area contributed by atoms with Crippen molar-refractivity contribution in [1.82, 2.24) is 14.8 Å². The van der Waals surface area contributed by atoms with Crippen LogP contribution >= 0.6 is 11.6 Å². The average Bonchev–Trinajstić information content (AvgIpc) is 2.68. The second-order valence-electron chi connectivity index (χ2n) is 3.37. The van der Waals surface area contributed by atoms with Crippen molar-refractivity contribution in [3.05, 3.63) is 35.1 Å². The van der Waals surface area contributed by atoms with Gasteiger partial charge in [-0.3, -0.25) is 0 Å². The van der Waals surface area contributed by atoms with Gasteiger partial charge >= 0.3 is 5.97 Å². The number of nitrogen functional groups attached to an aromatic ring is 1. The number of aromatic nitrogens is 3. The third-order valence-electron chi connectivity index (χ3n) is 2.20. The van der Waals surface area contributed by atoms with Crippen molar-refractivity contribution in [3.63, 3.8) is 0 Å². The SMILES string of the molecule is CCOC(=O)c1nn(-c2ccccn2)c(N)c1Cl. The zero-order valence-electron chi connectivity index (χ0n) is 9.63. The molecule has 0 aromatic carbocycles. The van der Waals surface area contributed by atoms with E-state index in [1.165, 1.54) is 4.68 Å². The minimum Gasteiger partial charge on any atom is -0.461 e. The van der Waals surface area contributed by atoms with Crippen molar-refractivity contribution in [2.45, 2.75) is 6.92 Å². The van der Waals surface area contributed by atoms with Crippen LogP contribution in [0.3, 0.4) is 0 Å². The summed E-state index contributed by atoms with van der Waals surface area (Å²) in [4.78, 5) is 15.7. The topological polar surface area (TPSA) is 83.0 Å². The second kappa shape index (κ2) is 5.05. The van der Waals surface area contributed by atoms with Gasteiger partial charge in [-0.1, -0.05) is 17.7 Å². The molecular weight excluding hydrogens is 256 g/mol. The van der Waals surface area contributed by atoms with Crippen molar-refractivity contribution in [1.29, 1.82) is 0 Å². The maximum absolute atomic E-state index is 11.6. The van der Waals surface area contributed by atoms with Gasteiger partial charge in [-0.2, -0.15) is 9.78 Å². The first-order valence-electron chi connectivity index (χ1n) is 5.27. The maximum Gasteiger partial charge on any atom is 0.360 e. The van der Waals surface area contributed by atoms with Crippen LogP contribution in [0.1, 0.15) is 17.4 Å². The first-order valence-corrected chi connectivity index (χ1v) is 5.65. The Kier molecular flexibility index (Phi) is 3.47. The van der Waals surface area contributed by atoms with Gasteiger partial charge in [-0.15, -0.1) is 0 Å². The molecular formula is C11H11ClN4O2. The van der Waals surface area contributed by atoms with Gasteiger partial charge in [0.05, 0.1) is 6.61 Å². The quantitative estimate of drug-likeness (QED) is 0.855. The smallest absolute Gasteiger partial charge is 0.360 e. The standard InChI is InChI=1S/C11H11ClN4O2/c1-2-18-11(17)9-8(12)10(13)16(15-9)7-5-3-4-6-14-7/h3-6H,2,13H2,1H3. The van der Waals surface area contributed by atoms with E-state index in [1.54, 1.807) is 31.3 Å². The molecule has 6 nitrogen and oxygen atoms in total. The molecule has 0 spiro atoms. The Labute approximate surface area is 108 Å². The van der Waals surface area contributed by atoms with Crippen LogP contribution in [0.15, 0.2) is 24.4 Å². The summed E-state index contributed by atoms with van der Waals surface area (Å²) in [7, 11) is 0. The van der Waals surface area contributed by atoms with Crippen LogP contribution in [0.4, 0.5) is 5.82 Å². The highest BCUT2D eigenvalue weighted by Gasteiger charge is 2.22. The summed E-state index contributed by atoms with van der Waals surface area (Å²) in [5.41, 5.74) is 5.78. The summed E-state index contributed by atoms with van der Waals surface area (Å²) in [6, 6.07) is 5.24. The molecule has 0 bridgehead atoms. The number of esters is 1. The molecule has 0 amide bonds. The zero-order chi connectivity index (χ0) is 13.1. The minimum atomic E-state index is -0.608. The second-order valence-corrected chi connectivity index (χ2v) is 3.75. The summed E-state index contributed by atoms with van der Waals surface area (Å²) in [6.45, 7) is 1.94. The van der Waals surface area contributed by atoms with Crippen LogP contribution in [-0.4, -0.2) is 27.3 Å². The number of nitrogens with zero attached hydrogens (tertiary/aromatic N) is 3. The van der Waals surface area contributed by atoms with Crippen LogP contribution in [0.2, 0.25) is 5.02 Å². The number of carbonyl (C=O) groups excluding carboxylic acids is 1. The van der Waals surface area contributed by atoms with E-state index < -0.39 is 5.97 Å². The number of hydrogen-bond donors (Lipinski definition) is 1. The molecule has 18 heavy (non-hydrogen) atoms. The third-order valence-corrected chi connectivity index (χ3v) is 2.57. The Morgan fingerprint density at radius 2 is 2.33 bits per heavy atom. The normalized spacial score (nSPS) is 10.3. The molecule has 7 heteroatoms. The Balaban J connectivity index is 2.46. The Hall–Kier alpha value is -2.08. The lowest BCUT2D eigenvalue weighted by Gasteiger charge is -2.01. The van der Waals surface area contributed by atoms with Gasteiger partial charge in [0.1, 0.15) is 10.8 Å². The van der Waals surface area contributed by atoms with Crippen molar-refractivity contribution in [3.8, 4) is 5.82 Å². The molecule has 0 saturated heterocycles. The number of halogens is 1. The Morgan fingerprint density at radius 1 is 1.56 bits per heavy atom. The molecule has 0 atom stereocenters. The van der Waals surface area contributed by atoms with E-state index in [0.717, 1.165) is 0 Å². The van der Waals surface area contributed by atoms with E-state index in [4.69, 9.17) is 22.1 Å². The molecule has 2 aromatic rings. The fraction of sp³-hybridized carbons (Fsp3) is 0.182. The van der Waals surface area contributed by atoms with E-state index >= 15 is 0 Å². The van der Waals surface area contributed by atoms with Crippen molar-refractivity contribution < 1.29 is 9.53 Å². The molecule has 0 aliphatic rings. The lowest BCUT2D eigenvalue weighted by Crippen LogP contribution is -2.07. The molecule has 0 radical (unpaired) electrons. The van der Waals surface area contributed by atoms with Crippen LogP contribution in [0.5, 0.6) is 0 Å². The highest BCUT2D eigenvalue weighted by molar-refractivity contribution is 6.35. The lowest BCUT2D eigenvalue weighted by molar-refractivity contribution is 0.0519. The molecule has 2 N–H and O–H groups in total. The summed E-state index contributed by atoms with van der Waals surface area (Å²) in [6.07, 6.45) is 1.59. The van der Waals surface area contributed by atoms with Crippen LogP contribution in [-0.2, 0) is 4.74 Å². The fourth-order valence-corrected chi connectivity index (χ4v) is 1.59. The van der Waals surface area contributed by atoms with E-state index in [0.29, 0.717) is 5.82 Å². The number of ether oxygens (including phenoxy) is 1. The van der Waals surface area contributed by atoms with Gasteiger partial charge in [-0.25, -0.2) is 9.78 Å². The van der Waals surface area contributed by atoms with Crippen molar-refractivity contribution in [2.24, 2.45) is 0 Å². The van der Waals surface area contributed by atoms with Gasteiger partial charge in [0, 0.05) is 6.20 Å².